The summed E-state index contributed by atoms with van der Waals surface area (Å²) >= 11 is 12.6. The van der Waals surface area contributed by atoms with E-state index >= 15 is 0 Å². The Labute approximate surface area is 388 Å². The largest absolute Gasteiger partial charge is 0.493 e. The molecule has 6 rings (SSSR count). The predicted octanol–water partition coefficient (Wildman–Crippen LogP) is 8.04. The zero-order chi connectivity index (χ0) is 46.5. The molecule has 3 aliphatic rings. The molecule has 2 aliphatic carbocycles. The lowest BCUT2D eigenvalue weighted by atomic mass is 9.80. The van der Waals surface area contributed by atoms with Gasteiger partial charge < -0.3 is 43.9 Å². The number of ether oxygens (including phenoxy) is 4. The zero-order valence-electron chi connectivity index (χ0n) is 36.8. The summed E-state index contributed by atoms with van der Waals surface area (Å²) in [5, 5.41) is 33.9. The molecule has 1 heterocycles. The number of carboxylic acid groups (broad SMARTS) is 1. The number of carbonyl (C=O) groups excluding carboxylic acids is 1. The van der Waals surface area contributed by atoms with Crippen LogP contribution in [0, 0.1) is 44.4 Å². The van der Waals surface area contributed by atoms with Crippen molar-refractivity contribution in [3.8, 4) is 17.2 Å². The zero-order valence-corrected chi connectivity index (χ0v) is 38.3. The highest BCUT2D eigenvalue weighted by molar-refractivity contribution is 6.37. The standard InChI is InChI=1S/C46H58Cl2N4O13/c1-30-20-41(47)43(42(48)21-30)62-19-18-61-36-12-8-33(9-13-36)39-14-16-49-26-40(39)44(53)50(35-10-11-35)27-32-22-31(6-5-17-60-2)23-38(24-32)63-28-34-25-46(34,45(54)55)15-4-3-7-37(65-52(58)59)29-64-51(56)57/h8-9,12-13,20-24,34-35,37,39-40,49H,3-7,10-11,14-19,25-29H2,1-2H3,(H,54,55)/t34-,37?,39+,40-,46+/m0/s1. The first-order chi connectivity index (χ1) is 31.3. The quantitative estimate of drug-likeness (QED) is 0.0401. The molecular weight excluding hydrogens is 887 g/mol. The Hall–Kier alpha value is -5.10. The van der Waals surface area contributed by atoms with Gasteiger partial charge in [-0.3, -0.25) is 9.59 Å². The number of amides is 1. The number of carbonyl (C=O) groups is 2. The predicted molar refractivity (Wildman–Crippen MR) is 240 cm³/mol. The van der Waals surface area contributed by atoms with Crippen LogP contribution in [0.2, 0.25) is 10.0 Å². The Balaban J connectivity index is 1.07. The first-order valence-electron chi connectivity index (χ1n) is 22.1. The van der Waals surface area contributed by atoms with Gasteiger partial charge in [-0.1, -0.05) is 54.2 Å². The summed E-state index contributed by atoms with van der Waals surface area (Å²) in [6.07, 6.45) is 4.61. The van der Waals surface area contributed by atoms with Crippen molar-refractivity contribution in [2.75, 3.05) is 53.2 Å². The highest BCUT2D eigenvalue weighted by atomic mass is 35.5. The lowest BCUT2D eigenvalue weighted by molar-refractivity contribution is -0.790. The van der Waals surface area contributed by atoms with Gasteiger partial charge in [0.2, 0.25) is 5.91 Å². The summed E-state index contributed by atoms with van der Waals surface area (Å²) in [5.41, 5.74) is 2.97. The number of aliphatic carboxylic acids is 1. The van der Waals surface area contributed by atoms with Crippen molar-refractivity contribution in [1.82, 2.24) is 10.2 Å². The fraction of sp³-hybridized carbons (Fsp3) is 0.565. The molecule has 0 aromatic heterocycles. The maximum atomic E-state index is 14.6. The summed E-state index contributed by atoms with van der Waals surface area (Å²) in [4.78, 5) is 59.3. The van der Waals surface area contributed by atoms with Gasteiger partial charge in [-0.05, 0) is 129 Å². The third-order valence-corrected chi connectivity index (χ3v) is 13.0. The molecule has 0 spiro atoms. The van der Waals surface area contributed by atoms with Crippen LogP contribution in [-0.4, -0.2) is 97.4 Å². The number of benzene rings is 3. The molecule has 1 aliphatic heterocycles. The van der Waals surface area contributed by atoms with Crippen molar-refractivity contribution in [1.29, 1.82) is 0 Å². The van der Waals surface area contributed by atoms with Crippen LogP contribution in [-0.2, 0) is 37.0 Å². The molecule has 65 heavy (non-hydrogen) atoms. The first-order valence-corrected chi connectivity index (χ1v) is 22.9. The van der Waals surface area contributed by atoms with Crippen LogP contribution in [0.5, 0.6) is 17.2 Å². The van der Waals surface area contributed by atoms with Crippen molar-refractivity contribution in [2.45, 2.75) is 95.7 Å². The van der Waals surface area contributed by atoms with Gasteiger partial charge in [0.15, 0.2) is 5.75 Å². The number of hydrogen-bond acceptors (Lipinski definition) is 13. The maximum Gasteiger partial charge on any atom is 0.310 e. The van der Waals surface area contributed by atoms with Crippen LogP contribution < -0.4 is 19.5 Å². The molecule has 1 saturated heterocycles. The SMILES string of the molecule is COCCCc1cc(CN(C(=O)[C@H]2CNCC[C@@H]2c2ccc(OCCOc3c(Cl)cc(C)cc3Cl)cc2)C2CC2)cc(OC[C@@H]2C[C@@]2(CCCCC(CO[N+](=O)[O-])O[N+](=O)[O-])C(=O)O)c1. The fourth-order valence-electron chi connectivity index (χ4n) is 8.82. The second-order valence-electron chi connectivity index (χ2n) is 17.2. The third kappa shape index (κ3) is 14.2. The molecule has 354 valence electrons. The van der Waals surface area contributed by atoms with Crippen molar-refractivity contribution in [3.63, 3.8) is 0 Å². The molecule has 2 N–H and O–H groups in total. The van der Waals surface area contributed by atoms with Crippen molar-refractivity contribution in [3.05, 3.63) is 107 Å². The van der Waals surface area contributed by atoms with Crippen LogP contribution in [0.15, 0.2) is 54.6 Å². The van der Waals surface area contributed by atoms with E-state index < -0.39 is 34.3 Å². The van der Waals surface area contributed by atoms with Crippen LogP contribution in [0.3, 0.4) is 0 Å². The summed E-state index contributed by atoms with van der Waals surface area (Å²) < 4.78 is 23.4. The van der Waals surface area contributed by atoms with Crippen molar-refractivity contribution >= 4 is 35.1 Å². The molecule has 3 aromatic rings. The van der Waals surface area contributed by atoms with E-state index in [1.165, 1.54) is 0 Å². The lowest BCUT2D eigenvalue weighted by Crippen LogP contribution is -2.47. The second kappa shape index (κ2) is 23.4. The van der Waals surface area contributed by atoms with E-state index in [-0.39, 0.29) is 55.9 Å². The number of nitrogens with one attached hydrogen (secondary N) is 1. The second-order valence-corrected chi connectivity index (χ2v) is 18.0. The molecule has 2 saturated carbocycles. The van der Waals surface area contributed by atoms with Crippen LogP contribution in [0.4, 0.5) is 0 Å². The van der Waals surface area contributed by atoms with Crippen molar-refractivity contribution in [2.24, 2.45) is 17.3 Å². The number of carboxylic acids is 1. The number of hydrogen-bond donors (Lipinski definition) is 2. The van der Waals surface area contributed by atoms with Gasteiger partial charge >= 0.3 is 5.97 Å². The van der Waals surface area contributed by atoms with E-state index in [2.05, 4.69) is 21.1 Å². The van der Waals surface area contributed by atoms with E-state index in [1.54, 1.807) is 19.2 Å². The highest BCUT2D eigenvalue weighted by Crippen LogP contribution is 2.56. The summed E-state index contributed by atoms with van der Waals surface area (Å²) in [7, 11) is 1.66. The monoisotopic (exact) mass is 944 g/mol. The molecule has 17 nitrogen and oxygen atoms in total. The fourth-order valence-corrected chi connectivity index (χ4v) is 9.53. The normalized spacial score (nSPS) is 20.6. The van der Waals surface area contributed by atoms with E-state index in [1.807, 2.05) is 48.2 Å². The van der Waals surface area contributed by atoms with Crippen molar-refractivity contribution < 1.29 is 53.5 Å². The van der Waals surface area contributed by atoms with E-state index in [0.717, 1.165) is 60.9 Å². The first kappa shape index (κ1) is 49.3. The minimum Gasteiger partial charge on any atom is -0.493 e. The highest BCUT2D eigenvalue weighted by Gasteiger charge is 2.60. The van der Waals surface area contributed by atoms with Gasteiger partial charge in [-0.25, -0.2) is 0 Å². The Morgan fingerprint density at radius 1 is 0.908 bits per heavy atom. The number of aryl methyl sites for hydroxylation is 2. The molecule has 1 amide bonds. The lowest BCUT2D eigenvalue weighted by Gasteiger charge is -2.36. The van der Waals surface area contributed by atoms with Crippen LogP contribution >= 0.6 is 23.2 Å². The Kier molecular flexibility index (Phi) is 17.7. The van der Waals surface area contributed by atoms with E-state index in [0.29, 0.717) is 72.7 Å². The smallest absolute Gasteiger partial charge is 0.310 e. The Morgan fingerprint density at radius 3 is 2.31 bits per heavy atom. The van der Waals surface area contributed by atoms with Gasteiger partial charge in [0.1, 0.15) is 37.4 Å². The molecule has 5 atom stereocenters. The average Bonchev–Trinajstić information content (AvgIpc) is 4.21. The summed E-state index contributed by atoms with van der Waals surface area (Å²) in [6, 6.07) is 17.7. The van der Waals surface area contributed by atoms with Gasteiger partial charge in [0.05, 0.1) is 28.0 Å². The average molecular weight is 946 g/mol. The van der Waals surface area contributed by atoms with Gasteiger partial charge in [-0.2, -0.15) is 0 Å². The molecule has 1 unspecified atom stereocenters. The van der Waals surface area contributed by atoms with Gasteiger partial charge in [0.25, 0.3) is 10.2 Å². The summed E-state index contributed by atoms with van der Waals surface area (Å²) in [6.45, 7) is 4.38. The molecule has 0 bridgehead atoms. The topological polar surface area (TPSA) is 211 Å². The maximum absolute atomic E-state index is 14.6. The Morgan fingerprint density at radius 2 is 1.63 bits per heavy atom. The van der Waals surface area contributed by atoms with E-state index in [9.17, 15) is 34.9 Å². The van der Waals surface area contributed by atoms with Gasteiger partial charge in [-0.15, -0.1) is 20.2 Å². The number of unbranched alkanes of at least 4 members (excludes halogenated alkanes) is 1. The third-order valence-electron chi connectivity index (χ3n) is 12.4. The number of methoxy groups -OCH3 is 1. The number of piperidine rings is 1. The number of nitrogens with zero attached hydrogens (tertiary/aromatic N) is 3. The summed E-state index contributed by atoms with van der Waals surface area (Å²) in [5.74, 6) is 0.361. The minimum atomic E-state index is -1.14. The molecule has 3 fully saturated rings. The Bertz CT molecular complexity index is 2090. The van der Waals surface area contributed by atoms with E-state index in [4.69, 9.17) is 42.1 Å². The number of rotatable bonds is 28. The van der Waals surface area contributed by atoms with Crippen LogP contribution in [0.1, 0.15) is 86.0 Å². The molecule has 3 aromatic carbocycles. The molecule has 19 heteroatoms. The van der Waals surface area contributed by atoms with Gasteiger partial charge in [0, 0.05) is 38.8 Å². The molecule has 0 radical (unpaired) electrons. The van der Waals surface area contributed by atoms with Crippen LogP contribution in [0.25, 0.3) is 0 Å². The number of halogens is 2. The minimum absolute atomic E-state index is 0.0129. The molecular formula is C46H58Cl2N4O13.